The van der Waals surface area contributed by atoms with Gasteiger partial charge in [-0.2, -0.15) is 4.72 Å². The fraction of sp³-hybridized carbons (Fsp3) is 0.364. The number of ether oxygens (including phenoxy) is 1. The lowest BCUT2D eigenvalue weighted by molar-refractivity contribution is -0.121. The molecular formula is C11H15ClN2O4S. The zero-order valence-corrected chi connectivity index (χ0v) is 12.3. The van der Waals surface area contributed by atoms with Gasteiger partial charge in [-0.05, 0) is 25.1 Å². The van der Waals surface area contributed by atoms with E-state index in [9.17, 15) is 13.2 Å². The Bertz CT molecular complexity index is 574. The molecule has 1 amide bonds. The molecule has 0 spiro atoms. The Morgan fingerprint density at radius 3 is 2.58 bits per heavy atom. The van der Waals surface area contributed by atoms with Crippen LogP contribution in [-0.2, 0) is 14.8 Å². The van der Waals surface area contributed by atoms with Gasteiger partial charge in [0.05, 0.1) is 13.2 Å². The van der Waals surface area contributed by atoms with Gasteiger partial charge in [0.25, 0.3) is 0 Å². The van der Waals surface area contributed by atoms with Crippen molar-refractivity contribution < 1.29 is 17.9 Å². The number of hydrogen-bond acceptors (Lipinski definition) is 4. The van der Waals surface area contributed by atoms with Crippen LogP contribution in [0.1, 0.15) is 6.92 Å². The largest absolute Gasteiger partial charge is 0.495 e. The van der Waals surface area contributed by atoms with Crippen LogP contribution in [0.4, 0.5) is 0 Å². The minimum atomic E-state index is -3.90. The van der Waals surface area contributed by atoms with Crippen LogP contribution >= 0.6 is 11.6 Å². The van der Waals surface area contributed by atoms with Crippen molar-refractivity contribution in [1.82, 2.24) is 10.0 Å². The van der Waals surface area contributed by atoms with Gasteiger partial charge in [-0.3, -0.25) is 4.79 Å². The molecule has 1 atom stereocenters. The molecule has 0 saturated carbocycles. The summed E-state index contributed by atoms with van der Waals surface area (Å²) in [4.78, 5) is 11.2. The molecule has 0 fully saturated rings. The number of nitrogens with one attached hydrogen (secondary N) is 2. The summed E-state index contributed by atoms with van der Waals surface area (Å²) >= 11 is 5.78. The Morgan fingerprint density at radius 1 is 1.42 bits per heavy atom. The van der Waals surface area contributed by atoms with Crippen molar-refractivity contribution in [1.29, 1.82) is 0 Å². The third-order valence-corrected chi connectivity index (χ3v) is 4.18. The van der Waals surface area contributed by atoms with Crippen molar-refractivity contribution >= 4 is 27.5 Å². The van der Waals surface area contributed by atoms with E-state index in [0.717, 1.165) is 0 Å². The highest BCUT2D eigenvalue weighted by atomic mass is 35.5. The van der Waals surface area contributed by atoms with Crippen molar-refractivity contribution in [3.8, 4) is 5.75 Å². The number of hydrogen-bond donors (Lipinski definition) is 2. The van der Waals surface area contributed by atoms with Crippen LogP contribution in [0.5, 0.6) is 5.75 Å². The molecule has 0 unspecified atom stereocenters. The Labute approximate surface area is 117 Å². The van der Waals surface area contributed by atoms with Crippen molar-refractivity contribution in [3.05, 3.63) is 23.2 Å². The Balaban J connectivity index is 3.13. The molecule has 6 nitrogen and oxygen atoms in total. The van der Waals surface area contributed by atoms with Crippen molar-refractivity contribution in [3.63, 3.8) is 0 Å². The Kier molecular flexibility index (Phi) is 5.16. The second-order valence-electron chi connectivity index (χ2n) is 3.75. The molecule has 0 aromatic heterocycles. The summed E-state index contributed by atoms with van der Waals surface area (Å²) in [6.45, 7) is 1.44. The maximum atomic E-state index is 12.2. The van der Waals surface area contributed by atoms with Crippen LogP contribution in [0.2, 0.25) is 5.02 Å². The first kappa shape index (κ1) is 15.7. The lowest BCUT2D eigenvalue weighted by Crippen LogP contribution is -2.43. The van der Waals surface area contributed by atoms with E-state index in [1.807, 2.05) is 0 Å². The molecule has 0 aliphatic heterocycles. The smallest absolute Gasteiger partial charge is 0.245 e. The van der Waals surface area contributed by atoms with E-state index in [2.05, 4.69) is 10.0 Å². The molecule has 0 saturated heterocycles. The molecule has 0 aliphatic rings. The minimum absolute atomic E-state index is 0.113. The van der Waals surface area contributed by atoms with Crippen molar-refractivity contribution in [2.45, 2.75) is 17.9 Å². The maximum absolute atomic E-state index is 12.2. The molecule has 1 aromatic rings. The number of carbonyl (C=O) groups excluding carboxylic acids is 1. The number of sulfonamides is 1. The molecular weight excluding hydrogens is 292 g/mol. The number of halogens is 1. The molecule has 0 radical (unpaired) electrons. The van der Waals surface area contributed by atoms with Gasteiger partial charge in [-0.15, -0.1) is 0 Å². The van der Waals surface area contributed by atoms with Crippen LogP contribution in [0.25, 0.3) is 0 Å². The third-order valence-electron chi connectivity index (χ3n) is 2.39. The highest BCUT2D eigenvalue weighted by Crippen LogP contribution is 2.26. The average molecular weight is 307 g/mol. The van der Waals surface area contributed by atoms with Gasteiger partial charge in [-0.25, -0.2) is 8.42 Å². The second kappa shape index (κ2) is 6.23. The fourth-order valence-corrected chi connectivity index (χ4v) is 3.06. The van der Waals surface area contributed by atoms with Crippen LogP contribution in [0, 0.1) is 0 Å². The number of benzene rings is 1. The Morgan fingerprint density at radius 2 is 2.05 bits per heavy atom. The summed E-state index contributed by atoms with van der Waals surface area (Å²) in [5, 5.41) is 2.61. The van der Waals surface area contributed by atoms with E-state index < -0.39 is 22.0 Å². The predicted molar refractivity (Wildman–Crippen MR) is 71.9 cm³/mol. The van der Waals surface area contributed by atoms with Gasteiger partial charge in [0.2, 0.25) is 15.9 Å². The Hall–Kier alpha value is -1.31. The summed E-state index contributed by atoms with van der Waals surface area (Å²) in [6, 6.07) is 3.32. The lowest BCUT2D eigenvalue weighted by Gasteiger charge is -2.15. The van der Waals surface area contributed by atoms with Crippen molar-refractivity contribution in [2.24, 2.45) is 0 Å². The van der Waals surface area contributed by atoms with E-state index >= 15 is 0 Å². The summed E-state index contributed by atoms with van der Waals surface area (Å²) in [5.74, 6) is -0.287. The molecule has 0 aliphatic carbocycles. The predicted octanol–water partition coefficient (Wildman–Crippen LogP) is 0.761. The lowest BCUT2D eigenvalue weighted by atomic mass is 10.3. The van der Waals surface area contributed by atoms with Gasteiger partial charge >= 0.3 is 0 Å². The summed E-state index contributed by atoms with van der Waals surface area (Å²) in [5.41, 5.74) is 0. The topological polar surface area (TPSA) is 84.5 Å². The molecule has 1 rings (SSSR count). The normalized spacial score (nSPS) is 12.8. The van der Waals surface area contributed by atoms with E-state index in [-0.39, 0.29) is 15.7 Å². The molecule has 2 N–H and O–H groups in total. The number of rotatable bonds is 5. The second-order valence-corrected chi connectivity index (χ2v) is 5.87. The molecule has 0 heterocycles. The number of amides is 1. The van der Waals surface area contributed by atoms with Crippen LogP contribution < -0.4 is 14.8 Å². The highest BCUT2D eigenvalue weighted by molar-refractivity contribution is 7.89. The van der Waals surface area contributed by atoms with Gasteiger partial charge in [0.15, 0.2) is 0 Å². The zero-order valence-electron chi connectivity index (χ0n) is 10.7. The third kappa shape index (κ3) is 3.82. The average Bonchev–Trinajstić information content (AvgIpc) is 2.37. The first-order valence-corrected chi connectivity index (χ1v) is 7.25. The first-order valence-electron chi connectivity index (χ1n) is 5.39. The molecule has 106 valence electrons. The first-order chi connectivity index (χ1) is 8.81. The number of methoxy groups -OCH3 is 1. The highest BCUT2D eigenvalue weighted by Gasteiger charge is 2.24. The van der Waals surface area contributed by atoms with E-state index in [0.29, 0.717) is 0 Å². The maximum Gasteiger partial charge on any atom is 0.245 e. The van der Waals surface area contributed by atoms with Gasteiger partial charge in [-0.1, -0.05) is 11.6 Å². The summed E-state index contributed by atoms with van der Waals surface area (Å²) < 4.78 is 31.6. The fourth-order valence-electron chi connectivity index (χ4n) is 1.43. The van der Waals surface area contributed by atoms with Crippen LogP contribution in [0.15, 0.2) is 23.1 Å². The van der Waals surface area contributed by atoms with E-state index in [4.69, 9.17) is 16.3 Å². The monoisotopic (exact) mass is 306 g/mol. The molecule has 1 aromatic carbocycles. The molecule has 8 heteroatoms. The van der Waals surface area contributed by atoms with Crippen molar-refractivity contribution in [2.75, 3.05) is 14.2 Å². The zero-order chi connectivity index (χ0) is 14.6. The van der Waals surface area contributed by atoms with Gasteiger partial charge in [0, 0.05) is 12.1 Å². The van der Waals surface area contributed by atoms with Gasteiger partial charge in [0.1, 0.15) is 10.6 Å². The number of likely N-dealkylation sites (N-methyl/N-ethyl adjacent to an activating group) is 1. The number of carbonyl (C=O) groups is 1. The van der Waals surface area contributed by atoms with E-state index in [1.165, 1.54) is 39.3 Å². The minimum Gasteiger partial charge on any atom is -0.495 e. The van der Waals surface area contributed by atoms with E-state index in [1.54, 1.807) is 0 Å². The van der Waals surface area contributed by atoms with Crippen LogP contribution in [0.3, 0.4) is 0 Å². The molecule has 0 bridgehead atoms. The van der Waals surface area contributed by atoms with Gasteiger partial charge < -0.3 is 10.1 Å². The summed E-state index contributed by atoms with van der Waals surface area (Å²) in [6.07, 6.45) is 0. The van der Waals surface area contributed by atoms with Crippen LogP contribution in [-0.4, -0.2) is 34.5 Å². The quantitative estimate of drug-likeness (QED) is 0.841. The standard InChI is InChI=1S/C11H15ClN2O4S/c1-7(11(15)13-2)14-19(16,17)10-6-8(12)4-5-9(10)18-3/h4-7,14H,1-3H3,(H,13,15)/t7-/m1/s1. The summed E-state index contributed by atoms with van der Waals surface area (Å²) in [7, 11) is -1.12. The molecule has 19 heavy (non-hydrogen) atoms. The SMILES string of the molecule is CNC(=O)[C@@H](C)NS(=O)(=O)c1cc(Cl)ccc1OC.